The fraction of sp³-hybridized carbons (Fsp3) is 0. The lowest BCUT2D eigenvalue weighted by Crippen LogP contribution is -1.58. The minimum atomic E-state index is 0.0895. The summed E-state index contributed by atoms with van der Waals surface area (Å²) in [5.41, 5.74) is 0. The zero-order valence-corrected chi connectivity index (χ0v) is 6.52. The van der Waals surface area contributed by atoms with E-state index in [2.05, 4.69) is 6.92 Å². The van der Waals surface area contributed by atoms with Crippen LogP contribution in [0.5, 0.6) is 0 Å². The number of rotatable bonds is 0. The van der Waals surface area contributed by atoms with Crippen LogP contribution in [0.3, 0.4) is 0 Å². The maximum Gasteiger partial charge on any atom is 0.213 e. The molecule has 0 amide bonds. The fourth-order valence-electron chi connectivity index (χ4n) is 0.406. The largest absolute Gasteiger partial charge is 0.446 e. The molecule has 0 aliphatic rings. The lowest BCUT2D eigenvalue weighted by Gasteiger charge is -1.78. The van der Waals surface area contributed by atoms with Gasteiger partial charge in [0.15, 0.2) is 0 Å². The van der Waals surface area contributed by atoms with Gasteiger partial charge in [-0.05, 0) is 11.6 Å². The smallest absolute Gasteiger partial charge is 0.213 e. The van der Waals surface area contributed by atoms with E-state index in [0.29, 0.717) is 5.76 Å². The van der Waals surface area contributed by atoms with Crippen molar-refractivity contribution in [1.29, 1.82) is 0 Å². The highest BCUT2D eigenvalue weighted by molar-refractivity contribution is 6.47. The van der Waals surface area contributed by atoms with Gasteiger partial charge in [0.25, 0.3) is 0 Å². The Morgan fingerprint density at radius 1 is 1.11 bits per heavy atom. The van der Waals surface area contributed by atoms with Gasteiger partial charge in [0.2, 0.25) is 5.22 Å². The molecule has 0 aromatic carbocycles. The summed E-state index contributed by atoms with van der Waals surface area (Å²) in [6, 6.07) is 0. The number of halogens is 3. The first-order valence-corrected chi connectivity index (χ1v) is 3.21. The molecular weight excluding hydrogens is 182 g/mol. The van der Waals surface area contributed by atoms with Gasteiger partial charge in [-0.2, -0.15) is 0 Å². The fourth-order valence-corrected chi connectivity index (χ4v) is 0.911. The summed E-state index contributed by atoms with van der Waals surface area (Å²) < 4.78 is 4.74. The Kier molecular flexibility index (Phi) is 1.94. The van der Waals surface area contributed by atoms with Crippen LogP contribution in [0, 0.1) is 6.92 Å². The average Bonchev–Trinajstić information content (AvgIpc) is 1.98. The Balaban J connectivity index is 3.29. The summed E-state index contributed by atoms with van der Waals surface area (Å²) in [5.74, 6) is 0.298. The molecule has 49 valence electrons. The van der Waals surface area contributed by atoms with E-state index in [-0.39, 0.29) is 15.3 Å². The zero-order chi connectivity index (χ0) is 7.02. The minimum Gasteiger partial charge on any atom is -0.446 e. The van der Waals surface area contributed by atoms with Gasteiger partial charge < -0.3 is 4.42 Å². The summed E-state index contributed by atoms with van der Waals surface area (Å²) in [7, 11) is 0. The molecule has 1 rings (SSSR count). The third kappa shape index (κ3) is 1.18. The van der Waals surface area contributed by atoms with Gasteiger partial charge in [-0.3, -0.25) is 0 Å². The summed E-state index contributed by atoms with van der Waals surface area (Å²) in [6.07, 6.45) is 0. The van der Waals surface area contributed by atoms with Crippen molar-refractivity contribution in [2.45, 2.75) is 0 Å². The van der Waals surface area contributed by atoms with E-state index in [4.69, 9.17) is 39.2 Å². The summed E-state index contributed by atoms with van der Waals surface area (Å²) in [5, 5.41) is 0.594. The summed E-state index contributed by atoms with van der Waals surface area (Å²) in [4.78, 5) is 0. The Bertz CT molecular complexity index is 206. The van der Waals surface area contributed by atoms with Crippen LogP contribution < -0.4 is 0 Å². The van der Waals surface area contributed by atoms with Crippen LogP contribution in [0.25, 0.3) is 0 Å². The van der Waals surface area contributed by atoms with Crippen LogP contribution in [-0.2, 0) is 0 Å². The summed E-state index contributed by atoms with van der Waals surface area (Å²) >= 11 is 16.4. The predicted octanol–water partition coefficient (Wildman–Crippen LogP) is 3.42. The zero-order valence-electron chi connectivity index (χ0n) is 4.25. The van der Waals surface area contributed by atoms with E-state index in [1.807, 2.05) is 0 Å². The molecular formula is C5H2Cl3O. The Morgan fingerprint density at radius 3 is 1.78 bits per heavy atom. The number of hydrogen-bond donors (Lipinski definition) is 0. The van der Waals surface area contributed by atoms with Crippen molar-refractivity contribution in [3.63, 3.8) is 0 Å². The highest BCUT2D eigenvalue weighted by atomic mass is 35.5. The van der Waals surface area contributed by atoms with E-state index in [1.165, 1.54) is 0 Å². The molecule has 1 heterocycles. The molecule has 0 aliphatic heterocycles. The van der Waals surface area contributed by atoms with Gasteiger partial charge >= 0.3 is 0 Å². The molecule has 0 saturated carbocycles. The number of hydrogen-bond acceptors (Lipinski definition) is 1. The normalized spacial score (nSPS) is 10.2. The second-order valence-electron chi connectivity index (χ2n) is 1.43. The van der Waals surface area contributed by atoms with Gasteiger partial charge in [-0.1, -0.05) is 23.2 Å². The minimum absolute atomic E-state index is 0.0895. The lowest BCUT2D eigenvalue weighted by molar-refractivity contribution is 0.551. The molecule has 0 fully saturated rings. The summed E-state index contributed by atoms with van der Waals surface area (Å²) in [6.45, 7) is 3.43. The molecule has 9 heavy (non-hydrogen) atoms. The van der Waals surface area contributed by atoms with E-state index in [1.54, 1.807) is 0 Å². The molecule has 0 saturated heterocycles. The van der Waals surface area contributed by atoms with E-state index >= 15 is 0 Å². The first-order chi connectivity index (χ1) is 4.13. The lowest BCUT2D eigenvalue weighted by atomic mass is 10.5. The van der Waals surface area contributed by atoms with Crippen LogP contribution >= 0.6 is 34.8 Å². The van der Waals surface area contributed by atoms with Gasteiger partial charge in [-0.15, -0.1) is 0 Å². The third-order valence-corrected chi connectivity index (χ3v) is 2.04. The van der Waals surface area contributed by atoms with Gasteiger partial charge in [-0.25, -0.2) is 0 Å². The molecule has 0 N–H and O–H groups in total. The second-order valence-corrected chi connectivity index (χ2v) is 2.53. The predicted molar refractivity (Wildman–Crippen MR) is 38.2 cm³/mol. The van der Waals surface area contributed by atoms with Crippen molar-refractivity contribution in [3.05, 3.63) is 27.9 Å². The first kappa shape index (κ1) is 7.26. The monoisotopic (exact) mass is 183 g/mol. The van der Waals surface area contributed by atoms with Crippen LogP contribution in [0.1, 0.15) is 5.76 Å². The highest BCUT2D eigenvalue weighted by Gasteiger charge is 2.10. The van der Waals surface area contributed by atoms with Gasteiger partial charge in [0, 0.05) is 6.92 Å². The molecule has 1 radical (unpaired) electrons. The second kappa shape index (κ2) is 2.41. The Labute approximate surface area is 67.5 Å². The van der Waals surface area contributed by atoms with E-state index in [9.17, 15) is 0 Å². The van der Waals surface area contributed by atoms with E-state index < -0.39 is 0 Å². The third-order valence-electron chi connectivity index (χ3n) is 0.823. The molecule has 0 unspecified atom stereocenters. The molecule has 0 bridgehead atoms. The molecule has 1 nitrogen and oxygen atoms in total. The van der Waals surface area contributed by atoms with Crippen molar-refractivity contribution in [2.75, 3.05) is 0 Å². The molecule has 4 heteroatoms. The van der Waals surface area contributed by atoms with Gasteiger partial charge in [0.1, 0.15) is 15.8 Å². The van der Waals surface area contributed by atoms with Crippen LogP contribution in [0.15, 0.2) is 4.42 Å². The van der Waals surface area contributed by atoms with Crippen molar-refractivity contribution >= 4 is 34.8 Å². The van der Waals surface area contributed by atoms with Crippen molar-refractivity contribution in [1.82, 2.24) is 0 Å². The van der Waals surface area contributed by atoms with Crippen LogP contribution in [0.2, 0.25) is 15.3 Å². The van der Waals surface area contributed by atoms with E-state index in [0.717, 1.165) is 0 Å². The van der Waals surface area contributed by atoms with Crippen molar-refractivity contribution in [3.8, 4) is 0 Å². The first-order valence-electron chi connectivity index (χ1n) is 2.08. The van der Waals surface area contributed by atoms with Crippen molar-refractivity contribution in [2.24, 2.45) is 0 Å². The maximum absolute atomic E-state index is 5.53. The molecule has 0 atom stereocenters. The number of furan rings is 1. The SMILES string of the molecule is [CH2]c1oc(Cl)c(Cl)c1Cl. The topological polar surface area (TPSA) is 13.1 Å². The molecule has 0 aliphatic carbocycles. The van der Waals surface area contributed by atoms with Gasteiger partial charge in [0.05, 0.1) is 0 Å². The standard InChI is InChI=1S/C5H2Cl3O/c1-2-3(6)4(7)5(8)9-2/h1H2. The average molecular weight is 184 g/mol. The maximum atomic E-state index is 5.53. The van der Waals surface area contributed by atoms with Crippen molar-refractivity contribution < 1.29 is 4.42 Å². The van der Waals surface area contributed by atoms with Crippen LogP contribution in [0.4, 0.5) is 0 Å². The van der Waals surface area contributed by atoms with Crippen LogP contribution in [-0.4, -0.2) is 0 Å². The quantitative estimate of drug-likeness (QED) is 0.602. The molecule has 1 aromatic rings. The molecule has 0 spiro atoms. The molecule has 1 aromatic heterocycles. The Morgan fingerprint density at radius 2 is 1.67 bits per heavy atom. The highest BCUT2D eigenvalue weighted by Crippen LogP contribution is 2.34. The Hall–Kier alpha value is 0.150.